The monoisotopic (exact) mass is 430 g/mol. The highest BCUT2D eigenvalue weighted by Gasteiger charge is 2.47. The minimum atomic E-state index is -0.701. The molecule has 4 rings (SSSR count). The van der Waals surface area contributed by atoms with Gasteiger partial charge in [0.25, 0.3) is 5.91 Å². The van der Waals surface area contributed by atoms with Crippen LogP contribution in [0.25, 0.3) is 0 Å². The number of amides is 2. The second-order valence-corrected chi connectivity index (χ2v) is 7.62. The van der Waals surface area contributed by atoms with Crippen molar-refractivity contribution in [2.24, 2.45) is 5.73 Å². The first kappa shape index (κ1) is 22.9. The Balaban J connectivity index is 0.00000140. The fraction of sp³-hybridized carbons (Fsp3) is 0.632. The van der Waals surface area contributed by atoms with Gasteiger partial charge in [-0.25, -0.2) is 0 Å². The number of morpholine rings is 1. The van der Waals surface area contributed by atoms with E-state index in [0.717, 1.165) is 44.1 Å². The molecule has 1 saturated heterocycles. The van der Waals surface area contributed by atoms with E-state index in [-0.39, 0.29) is 61.4 Å². The van der Waals surface area contributed by atoms with Gasteiger partial charge in [0.1, 0.15) is 6.61 Å². The molecule has 7 nitrogen and oxygen atoms in total. The largest absolute Gasteiger partial charge is 0.356 e. The molecule has 0 radical (unpaired) electrons. The van der Waals surface area contributed by atoms with Crippen molar-refractivity contribution < 1.29 is 14.3 Å². The minimum absolute atomic E-state index is 0. The third kappa shape index (κ3) is 4.95. The van der Waals surface area contributed by atoms with E-state index < -0.39 is 12.1 Å². The van der Waals surface area contributed by atoms with Crippen molar-refractivity contribution in [3.63, 3.8) is 0 Å². The second-order valence-electron chi connectivity index (χ2n) is 7.62. The zero-order chi connectivity index (χ0) is 18.1. The number of pyridine rings is 1. The van der Waals surface area contributed by atoms with E-state index in [1.54, 1.807) is 12.4 Å². The summed E-state index contributed by atoms with van der Waals surface area (Å²) in [4.78, 5) is 31.5. The quantitative estimate of drug-likeness (QED) is 0.757. The molecule has 0 aromatic carbocycles. The summed E-state index contributed by atoms with van der Waals surface area (Å²) < 4.78 is 5.73. The lowest BCUT2D eigenvalue weighted by Gasteiger charge is -2.41. The van der Waals surface area contributed by atoms with Crippen molar-refractivity contribution in [1.29, 1.82) is 0 Å². The Labute approximate surface area is 177 Å². The standard InChI is InChI=1S/C19H26N4O3.2ClH/c20-13-3-5-14(6-4-13)22-19(25)18-17(12-2-1-9-21-10-12)23(15-7-8-15)16(24)11-26-18;;/h1-2,9-10,13-15,17-18H,3-8,11,20H2,(H,22,25);2*1H/t13?,14?,17-,18+;;/m1../s1. The van der Waals surface area contributed by atoms with Gasteiger partial charge in [0.15, 0.2) is 6.10 Å². The summed E-state index contributed by atoms with van der Waals surface area (Å²) in [5.41, 5.74) is 6.80. The van der Waals surface area contributed by atoms with Crippen molar-refractivity contribution in [1.82, 2.24) is 15.2 Å². The molecule has 0 bridgehead atoms. The van der Waals surface area contributed by atoms with Gasteiger partial charge >= 0.3 is 0 Å². The number of nitrogens with zero attached hydrogens (tertiary/aromatic N) is 2. The molecule has 0 unspecified atom stereocenters. The highest BCUT2D eigenvalue weighted by Crippen LogP contribution is 2.39. The predicted molar refractivity (Wildman–Crippen MR) is 109 cm³/mol. The fourth-order valence-corrected chi connectivity index (χ4v) is 4.06. The van der Waals surface area contributed by atoms with Crippen LogP contribution in [0.1, 0.15) is 50.1 Å². The number of halogens is 2. The molecule has 1 aromatic heterocycles. The van der Waals surface area contributed by atoms with Crippen LogP contribution in [-0.2, 0) is 14.3 Å². The van der Waals surface area contributed by atoms with Crippen LogP contribution in [-0.4, -0.2) is 52.5 Å². The van der Waals surface area contributed by atoms with E-state index in [2.05, 4.69) is 10.3 Å². The lowest BCUT2D eigenvalue weighted by atomic mass is 9.91. The maximum atomic E-state index is 13.0. The number of rotatable bonds is 4. The molecule has 28 heavy (non-hydrogen) atoms. The summed E-state index contributed by atoms with van der Waals surface area (Å²) in [5.74, 6) is -0.188. The molecule has 2 saturated carbocycles. The van der Waals surface area contributed by atoms with E-state index in [9.17, 15) is 9.59 Å². The summed E-state index contributed by atoms with van der Waals surface area (Å²) >= 11 is 0. The summed E-state index contributed by atoms with van der Waals surface area (Å²) in [5, 5.41) is 3.13. The Morgan fingerprint density at radius 1 is 1.18 bits per heavy atom. The van der Waals surface area contributed by atoms with Crippen LogP contribution in [0.5, 0.6) is 0 Å². The van der Waals surface area contributed by atoms with Crippen molar-refractivity contribution in [2.45, 2.75) is 68.8 Å². The molecule has 156 valence electrons. The van der Waals surface area contributed by atoms with Crippen molar-refractivity contribution in [3.05, 3.63) is 30.1 Å². The zero-order valence-electron chi connectivity index (χ0n) is 15.7. The van der Waals surface area contributed by atoms with Crippen LogP contribution in [0.15, 0.2) is 24.5 Å². The van der Waals surface area contributed by atoms with Gasteiger partial charge in [0, 0.05) is 30.5 Å². The molecule has 1 aliphatic heterocycles. The number of hydrogen-bond donors (Lipinski definition) is 2. The van der Waals surface area contributed by atoms with Gasteiger partial charge in [-0.2, -0.15) is 0 Å². The van der Waals surface area contributed by atoms with E-state index in [1.165, 1.54) is 0 Å². The number of carbonyl (C=O) groups is 2. The normalized spacial score (nSPS) is 30.0. The molecule has 1 aromatic rings. The third-order valence-electron chi connectivity index (χ3n) is 5.60. The molecule has 9 heteroatoms. The minimum Gasteiger partial charge on any atom is -0.356 e. The number of carbonyl (C=O) groups excluding carboxylic acids is 2. The molecule has 2 atom stereocenters. The summed E-state index contributed by atoms with van der Waals surface area (Å²) in [7, 11) is 0. The van der Waals surface area contributed by atoms with E-state index in [0.29, 0.717) is 0 Å². The number of nitrogens with one attached hydrogen (secondary N) is 1. The first-order chi connectivity index (χ1) is 12.6. The molecule has 2 aliphatic carbocycles. The Morgan fingerprint density at radius 2 is 1.89 bits per heavy atom. The third-order valence-corrected chi connectivity index (χ3v) is 5.60. The van der Waals surface area contributed by atoms with Gasteiger partial charge in [-0.15, -0.1) is 24.8 Å². The maximum Gasteiger partial charge on any atom is 0.251 e. The SMILES string of the molecule is Cl.Cl.NC1CCC(NC(=O)[C@H]2OCC(=O)N(C3CC3)[C@@H]2c2cccnc2)CC1. The number of nitrogens with two attached hydrogens (primary N) is 1. The second kappa shape index (κ2) is 9.87. The first-order valence-electron chi connectivity index (χ1n) is 9.52. The van der Waals surface area contributed by atoms with Gasteiger partial charge in [0.05, 0.1) is 6.04 Å². The number of ether oxygens (including phenoxy) is 1. The van der Waals surface area contributed by atoms with Crippen LogP contribution in [0.2, 0.25) is 0 Å². The van der Waals surface area contributed by atoms with Crippen molar-refractivity contribution in [3.8, 4) is 0 Å². The molecule has 2 amide bonds. The number of hydrogen-bond acceptors (Lipinski definition) is 5. The highest BCUT2D eigenvalue weighted by molar-refractivity contribution is 5.87. The fourth-order valence-electron chi connectivity index (χ4n) is 4.06. The highest BCUT2D eigenvalue weighted by atomic mass is 35.5. The zero-order valence-corrected chi connectivity index (χ0v) is 17.3. The van der Waals surface area contributed by atoms with Crippen LogP contribution in [0, 0.1) is 0 Å². The van der Waals surface area contributed by atoms with Gasteiger partial charge in [-0.05, 0) is 50.2 Å². The Hall–Kier alpha value is -1.41. The van der Waals surface area contributed by atoms with Crippen molar-refractivity contribution >= 4 is 36.6 Å². The Bertz CT molecular complexity index is 666. The van der Waals surface area contributed by atoms with Crippen LogP contribution in [0.3, 0.4) is 0 Å². The molecular formula is C19H28Cl2N4O3. The average Bonchev–Trinajstić information content (AvgIpc) is 3.49. The maximum absolute atomic E-state index is 13.0. The molecule has 3 aliphatic rings. The summed E-state index contributed by atoms with van der Waals surface area (Å²) in [6.45, 7) is -0.0408. The van der Waals surface area contributed by atoms with Gasteiger partial charge in [-0.3, -0.25) is 14.6 Å². The number of aromatic nitrogens is 1. The van der Waals surface area contributed by atoms with Gasteiger partial charge in [0.2, 0.25) is 5.91 Å². The smallest absolute Gasteiger partial charge is 0.251 e. The molecule has 3 fully saturated rings. The molecule has 2 heterocycles. The predicted octanol–water partition coefficient (Wildman–Crippen LogP) is 1.74. The van der Waals surface area contributed by atoms with E-state index in [4.69, 9.17) is 10.5 Å². The lowest BCUT2D eigenvalue weighted by molar-refractivity contribution is -0.165. The Morgan fingerprint density at radius 3 is 2.50 bits per heavy atom. The van der Waals surface area contributed by atoms with Crippen molar-refractivity contribution in [2.75, 3.05) is 6.61 Å². The van der Waals surface area contributed by atoms with E-state index >= 15 is 0 Å². The average molecular weight is 431 g/mol. The van der Waals surface area contributed by atoms with Crippen LogP contribution in [0.4, 0.5) is 0 Å². The van der Waals surface area contributed by atoms with Crippen LogP contribution < -0.4 is 11.1 Å². The van der Waals surface area contributed by atoms with Gasteiger partial charge in [-0.1, -0.05) is 6.07 Å². The lowest BCUT2D eigenvalue weighted by Crippen LogP contribution is -2.56. The summed E-state index contributed by atoms with van der Waals surface area (Å²) in [6.07, 6.45) is 8.32. The summed E-state index contributed by atoms with van der Waals surface area (Å²) in [6, 6.07) is 3.90. The molecule has 0 spiro atoms. The molecular weight excluding hydrogens is 403 g/mol. The Kier molecular flexibility index (Phi) is 8.07. The van der Waals surface area contributed by atoms with Gasteiger partial charge < -0.3 is 20.7 Å². The topological polar surface area (TPSA) is 97.5 Å². The molecule has 3 N–H and O–H groups in total. The van der Waals surface area contributed by atoms with Crippen LogP contribution >= 0.6 is 24.8 Å². The first-order valence-corrected chi connectivity index (χ1v) is 9.52. The van der Waals surface area contributed by atoms with E-state index in [1.807, 2.05) is 17.0 Å².